The van der Waals surface area contributed by atoms with Crippen LogP contribution >= 0.6 is 23.4 Å². The quantitative estimate of drug-likeness (QED) is 0.714. The molecule has 116 valence electrons. The van der Waals surface area contributed by atoms with E-state index in [0.717, 1.165) is 21.6 Å². The first-order chi connectivity index (χ1) is 11.2. The van der Waals surface area contributed by atoms with E-state index in [1.54, 1.807) is 17.1 Å². The SMILES string of the molecule is CSc1nc2ccccc2c(NCCn2cc(Cl)cn2)c1C#N. The average Bonchev–Trinajstić information content (AvgIpc) is 2.99. The van der Waals surface area contributed by atoms with Crippen LogP contribution in [0.3, 0.4) is 0 Å². The van der Waals surface area contributed by atoms with Crippen LogP contribution in [0.25, 0.3) is 10.9 Å². The summed E-state index contributed by atoms with van der Waals surface area (Å²) in [6.07, 6.45) is 5.30. The second-order valence-corrected chi connectivity index (χ2v) is 6.08. The summed E-state index contributed by atoms with van der Waals surface area (Å²) in [7, 11) is 0. The molecule has 1 aromatic carbocycles. The fourth-order valence-corrected chi connectivity index (χ4v) is 3.08. The highest BCUT2D eigenvalue weighted by Crippen LogP contribution is 2.31. The molecule has 0 aliphatic carbocycles. The third kappa shape index (κ3) is 3.26. The second kappa shape index (κ2) is 6.90. The number of hydrogen-bond donors (Lipinski definition) is 1. The molecule has 0 radical (unpaired) electrons. The summed E-state index contributed by atoms with van der Waals surface area (Å²) < 4.78 is 1.76. The molecule has 0 amide bonds. The minimum absolute atomic E-state index is 0.578. The Kier molecular flexibility index (Phi) is 4.70. The molecule has 1 N–H and O–H groups in total. The fourth-order valence-electron chi connectivity index (χ4n) is 2.38. The van der Waals surface area contributed by atoms with Crippen LogP contribution in [-0.4, -0.2) is 27.6 Å². The van der Waals surface area contributed by atoms with Crippen molar-refractivity contribution >= 4 is 40.0 Å². The molecule has 0 atom stereocenters. The molecule has 23 heavy (non-hydrogen) atoms. The van der Waals surface area contributed by atoms with E-state index in [2.05, 4.69) is 21.5 Å². The van der Waals surface area contributed by atoms with Crippen LogP contribution in [0, 0.1) is 11.3 Å². The molecule has 0 aliphatic rings. The van der Waals surface area contributed by atoms with Gasteiger partial charge in [0.25, 0.3) is 0 Å². The predicted molar refractivity (Wildman–Crippen MR) is 94.0 cm³/mol. The van der Waals surface area contributed by atoms with Crippen molar-refractivity contribution in [2.45, 2.75) is 11.6 Å². The normalized spacial score (nSPS) is 10.7. The highest BCUT2D eigenvalue weighted by molar-refractivity contribution is 7.98. The lowest BCUT2D eigenvalue weighted by Crippen LogP contribution is -2.12. The number of fused-ring (bicyclic) bond motifs is 1. The number of rotatable bonds is 5. The number of aromatic nitrogens is 3. The summed E-state index contributed by atoms with van der Waals surface area (Å²) in [6, 6.07) is 10.1. The molecule has 3 rings (SSSR count). The molecule has 0 spiro atoms. The molecule has 0 saturated heterocycles. The van der Waals surface area contributed by atoms with Crippen molar-refractivity contribution in [2.75, 3.05) is 18.1 Å². The van der Waals surface area contributed by atoms with E-state index in [0.29, 0.717) is 23.7 Å². The van der Waals surface area contributed by atoms with Crippen molar-refractivity contribution in [3.63, 3.8) is 0 Å². The lowest BCUT2D eigenvalue weighted by atomic mass is 10.1. The van der Waals surface area contributed by atoms with Gasteiger partial charge in [0.05, 0.1) is 29.0 Å². The fraction of sp³-hybridized carbons (Fsp3) is 0.188. The minimum Gasteiger partial charge on any atom is -0.381 e. The van der Waals surface area contributed by atoms with Crippen LogP contribution < -0.4 is 5.32 Å². The first-order valence-corrected chi connectivity index (χ1v) is 8.62. The standard InChI is InChI=1S/C16H14ClN5S/c1-23-16-13(8-18)15(12-4-2-3-5-14(12)21-16)19-6-7-22-10-11(17)9-20-22/h2-5,9-10H,6-7H2,1H3,(H,19,21). The van der Waals surface area contributed by atoms with Crippen molar-refractivity contribution in [3.05, 3.63) is 47.2 Å². The Labute approximate surface area is 143 Å². The van der Waals surface area contributed by atoms with Crippen LogP contribution in [-0.2, 0) is 6.54 Å². The second-order valence-electron chi connectivity index (χ2n) is 4.85. The van der Waals surface area contributed by atoms with Crippen LogP contribution in [0.1, 0.15) is 5.56 Å². The molecule has 2 heterocycles. The van der Waals surface area contributed by atoms with Crippen LogP contribution in [0.2, 0.25) is 5.02 Å². The number of pyridine rings is 1. The van der Waals surface area contributed by atoms with E-state index in [-0.39, 0.29) is 0 Å². The summed E-state index contributed by atoms with van der Waals surface area (Å²) in [5.41, 5.74) is 2.27. The van der Waals surface area contributed by atoms with E-state index in [1.807, 2.05) is 30.5 Å². The zero-order chi connectivity index (χ0) is 16.2. The van der Waals surface area contributed by atoms with Gasteiger partial charge in [-0.3, -0.25) is 4.68 Å². The number of anilines is 1. The van der Waals surface area contributed by atoms with E-state index in [1.165, 1.54) is 11.8 Å². The van der Waals surface area contributed by atoms with Gasteiger partial charge >= 0.3 is 0 Å². The number of thioether (sulfide) groups is 1. The lowest BCUT2D eigenvalue weighted by Gasteiger charge is -2.13. The van der Waals surface area contributed by atoms with Gasteiger partial charge in [0.15, 0.2) is 0 Å². The van der Waals surface area contributed by atoms with Crippen LogP contribution in [0.15, 0.2) is 41.7 Å². The Morgan fingerprint density at radius 2 is 2.22 bits per heavy atom. The number of halogens is 1. The molecule has 2 aromatic heterocycles. The predicted octanol–water partition coefficient (Wildman–Crippen LogP) is 3.79. The van der Waals surface area contributed by atoms with Gasteiger partial charge in [-0.25, -0.2) is 4.98 Å². The Hall–Kier alpha value is -2.23. The highest BCUT2D eigenvalue weighted by Gasteiger charge is 2.14. The van der Waals surface area contributed by atoms with Gasteiger partial charge in [-0.1, -0.05) is 29.8 Å². The summed E-state index contributed by atoms with van der Waals surface area (Å²) >= 11 is 7.34. The Morgan fingerprint density at radius 1 is 1.39 bits per heavy atom. The Balaban J connectivity index is 1.93. The van der Waals surface area contributed by atoms with Crippen molar-refractivity contribution in [2.24, 2.45) is 0 Å². The van der Waals surface area contributed by atoms with Crippen LogP contribution in [0.4, 0.5) is 5.69 Å². The van der Waals surface area contributed by atoms with Gasteiger partial charge in [0, 0.05) is 18.1 Å². The molecule has 0 saturated carbocycles. The molecule has 5 nitrogen and oxygen atoms in total. The maximum Gasteiger partial charge on any atom is 0.116 e. The van der Waals surface area contributed by atoms with Crippen molar-refractivity contribution < 1.29 is 0 Å². The molecule has 7 heteroatoms. The summed E-state index contributed by atoms with van der Waals surface area (Å²) in [5, 5.41) is 19.3. The number of para-hydroxylation sites is 1. The maximum absolute atomic E-state index is 9.53. The molecule has 0 bridgehead atoms. The van der Waals surface area contributed by atoms with Gasteiger partial charge < -0.3 is 5.32 Å². The number of nitrogens with zero attached hydrogens (tertiary/aromatic N) is 4. The summed E-state index contributed by atoms with van der Waals surface area (Å²) in [4.78, 5) is 4.56. The maximum atomic E-state index is 9.53. The van der Waals surface area contributed by atoms with E-state index in [9.17, 15) is 5.26 Å². The Bertz CT molecular complexity index is 884. The zero-order valence-corrected chi connectivity index (χ0v) is 14.0. The molecule has 0 aliphatic heterocycles. The van der Waals surface area contributed by atoms with Gasteiger partial charge in [0.2, 0.25) is 0 Å². The van der Waals surface area contributed by atoms with Crippen molar-refractivity contribution in [3.8, 4) is 6.07 Å². The summed E-state index contributed by atoms with van der Waals surface area (Å²) in [6.45, 7) is 1.29. The Morgan fingerprint density at radius 3 is 2.91 bits per heavy atom. The number of nitrogens with one attached hydrogen (secondary N) is 1. The minimum atomic E-state index is 0.578. The first kappa shape index (κ1) is 15.7. The number of nitriles is 1. The van der Waals surface area contributed by atoms with Gasteiger partial charge in [-0.05, 0) is 12.3 Å². The highest BCUT2D eigenvalue weighted by atomic mass is 35.5. The molecule has 0 unspecified atom stereocenters. The number of benzene rings is 1. The third-order valence-electron chi connectivity index (χ3n) is 3.41. The first-order valence-electron chi connectivity index (χ1n) is 7.01. The van der Waals surface area contributed by atoms with Gasteiger partial charge in [0.1, 0.15) is 16.7 Å². The van der Waals surface area contributed by atoms with Crippen LogP contribution in [0.5, 0.6) is 0 Å². The molecule has 0 fully saturated rings. The monoisotopic (exact) mass is 343 g/mol. The third-order valence-corrected chi connectivity index (χ3v) is 4.29. The van der Waals surface area contributed by atoms with Crippen molar-refractivity contribution in [1.82, 2.24) is 14.8 Å². The van der Waals surface area contributed by atoms with Gasteiger partial charge in [-0.15, -0.1) is 11.8 Å². The average molecular weight is 344 g/mol. The zero-order valence-electron chi connectivity index (χ0n) is 12.5. The van der Waals surface area contributed by atoms with E-state index >= 15 is 0 Å². The molecule has 3 aromatic rings. The topological polar surface area (TPSA) is 66.5 Å². The summed E-state index contributed by atoms with van der Waals surface area (Å²) in [5.74, 6) is 0. The molecular formula is C16H14ClN5S. The lowest BCUT2D eigenvalue weighted by molar-refractivity contribution is 0.638. The number of hydrogen-bond acceptors (Lipinski definition) is 5. The van der Waals surface area contributed by atoms with E-state index < -0.39 is 0 Å². The smallest absolute Gasteiger partial charge is 0.116 e. The molecular weight excluding hydrogens is 330 g/mol. The van der Waals surface area contributed by atoms with Crippen molar-refractivity contribution in [1.29, 1.82) is 5.26 Å². The van der Waals surface area contributed by atoms with Gasteiger partial charge in [-0.2, -0.15) is 10.4 Å². The largest absolute Gasteiger partial charge is 0.381 e. The van der Waals surface area contributed by atoms with E-state index in [4.69, 9.17) is 11.6 Å².